The summed E-state index contributed by atoms with van der Waals surface area (Å²) in [5.41, 5.74) is 2.32. The first-order valence-electron chi connectivity index (χ1n) is 11.1. The van der Waals surface area contributed by atoms with Gasteiger partial charge in [-0.1, -0.05) is 43.6 Å². The van der Waals surface area contributed by atoms with Crippen molar-refractivity contribution in [1.29, 1.82) is 0 Å². The lowest BCUT2D eigenvalue weighted by atomic mass is 9.79. The van der Waals surface area contributed by atoms with Crippen molar-refractivity contribution in [3.8, 4) is 0 Å². The highest BCUT2D eigenvalue weighted by Gasteiger charge is 2.29. The Morgan fingerprint density at radius 2 is 1.80 bits per heavy atom. The topological polar surface area (TPSA) is 75.3 Å². The zero-order valence-corrected chi connectivity index (χ0v) is 19.8. The number of carbonyl (C=O) groups excluding carboxylic acids is 1. The maximum atomic E-state index is 12.7. The molecule has 1 saturated carbocycles. The fourth-order valence-corrected chi connectivity index (χ4v) is 4.67. The van der Waals surface area contributed by atoms with Gasteiger partial charge in [0.25, 0.3) is 5.91 Å². The Morgan fingerprint density at radius 3 is 2.33 bits per heavy atom. The number of nitrogens with one attached hydrogen (secondary N) is 2. The molecule has 168 valence electrons. The molecule has 0 spiro atoms. The summed E-state index contributed by atoms with van der Waals surface area (Å²) >= 11 is 0. The van der Waals surface area contributed by atoms with Crippen molar-refractivity contribution in [3.63, 3.8) is 0 Å². The highest BCUT2D eigenvalue weighted by molar-refractivity contribution is 7.90. The average molecular weight is 435 g/mol. The Balaban J connectivity index is 1.89. The first-order chi connectivity index (χ1) is 14.0. The van der Waals surface area contributed by atoms with Crippen molar-refractivity contribution >= 4 is 15.9 Å². The molecule has 6 heteroatoms. The normalized spacial score (nSPS) is 21.9. The number of hydrogen-bond acceptors (Lipinski definition) is 3. The lowest BCUT2D eigenvalue weighted by molar-refractivity contribution is -0.117. The molecule has 1 unspecified atom stereocenters. The van der Waals surface area contributed by atoms with Crippen molar-refractivity contribution in [2.45, 2.75) is 89.9 Å². The van der Waals surface area contributed by atoms with Crippen molar-refractivity contribution in [2.75, 3.05) is 0 Å². The van der Waals surface area contributed by atoms with Gasteiger partial charge in [-0.25, -0.2) is 8.42 Å². The van der Waals surface area contributed by atoms with Crippen LogP contribution in [0.4, 0.5) is 0 Å². The highest BCUT2D eigenvalue weighted by atomic mass is 32.2. The maximum absolute atomic E-state index is 12.7. The van der Waals surface area contributed by atoms with E-state index in [1.54, 1.807) is 45.4 Å². The minimum absolute atomic E-state index is 0.139. The molecule has 5 nitrogen and oxygen atoms in total. The van der Waals surface area contributed by atoms with Crippen LogP contribution in [0.1, 0.15) is 79.1 Å². The molecule has 0 aromatic heterocycles. The van der Waals surface area contributed by atoms with E-state index in [4.69, 9.17) is 0 Å². The fourth-order valence-electron chi connectivity index (χ4n) is 3.95. The van der Waals surface area contributed by atoms with Crippen LogP contribution in [0, 0.1) is 5.92 Å². The molecule has 30 heavy (non-hydrogen) atoms. The van der Waals surface area contributed by atoms with E-state index in [0.29, 0.717) is 5.57 Å². The molecule has 2 rings (SSSR count). The number of hydrogen-bond donors (Lipinski definition) is 2. The van der Waals surface area contributed by atoms with Gasteiger partial charge in [-0.05, 0) is 77.9 Å². The molecule has 1 amide bonds. The zero-order valence-electron chi connectivity index (χ0n) is 19.0. The number of allylic oxidation sites excluding steroid dienone is 3. The predicted molar refractivity (Wildman–Crippen MR) is 124 cm³/mol. The molecule has 1 atom stereocenters. The molecule has 0 aromatic rings. The third-order valence-corrected chi connectivity index (χ3v) is 8.16. The van der Waals surface area contributed by atoms with Crippen LogP contribution in [0.15, 0.2) is 47.7 Å². The fraction of sp³-hybridized carbons (Fsp3) is 0.625. The minimum Gasteiger partial charge on any atom is -0.349 e. The molecule has 2 aliphatic rings. The van der Waals surface area contributed by atoms with Crippen molar-refractivity contribution in [3.05, 3.63) is 47.7 Å². The Hall–Kier alpha value is -1.82. The second kappa shape index (κ2) is 10.5. The summed E-state index contributed by atoms with van der Waals surface area (Å²) in [7, 11) is -3.54. The summed E-state index contributed by atoms with van der Waals surface area (Å²) in [6.45, 7) is 10.4. The van der Waals surface area contributed by atoms with Gasteiger partial charge in [-0.2, -0.15) is 0 Å². The van der Waals surface area contributed by atoms with Gasteiger partial charge in [0.2, 0.25) is 10.0 Å². The molecule has 1 fully saturated rings. The summed E-state index contributed by atoms with van der Waals surface area (Å²) in [6, 6.07) is 0.149. The Labute approximate surface area is 182 Å². The van der Waals surface area contributed by atoms with E-state index in [2.05, 4.69) is 22.7 Å². The first kappa shape index (κ1) is 24.4. The van der Waals surface area contributed by atoms with Crippen molar-refractivity contribution in [1.82, 2.24) is 10.0 Å². The average Bonchev–Trinajstić information content (AvgIpc) is 2.68. The van der Waals surface area contributed by atoms with E-state index in [9.17, 15) is 13.2 Å². The van der Waals surface area contributed by atoms with Gasteiger partial charge < -0.3 is 5.32 Å². The number of rotatable bonds is 7. The van der Waals surface area contributed by atoms with Gasteiger partial charge in [0.15, 0.2) is 0 Å². The second-order valence-corrected chi connectivity index (χ2v) is 11.8. The first-order valence-corrected chi connectivity index (χ1v) is 12.6. The molecular formula is C24H38N2O3S. The Morgan fingerprint density at radius 1 is 1.13 bits per heavy atom. The van der Waals surface area contributed by atoms with Gasteiger partial charge >= 0.3 is 0 Å². The van der Waals surface area contributed by atoms with Gasteiger partial charge in [0, 0.05) is 17.3 Å². The van der Waals surface area contributed by atoms with Crippen LogP contribution < -0.4 is 10.0 Å². The van der Waals surface area contributed by atoms with Crippen LogP contribution in [0.3, 0.4) is 0 Å². The van der Waals surface area contributed by atoms with Crippen LogP contribution >= 0.6 is 0 Å². The standard InChI is InChI=1S/C24H38N2O3S/c1-6-19(13-12-18(2)26-30(28,29)24(3,4)5)23(27)25-22-16-14-21(15-17-22)20-10-8-7-9-11-20/h6,12-14,20,22,26H,2,7-11,15-17H2,1,3-5H3,(H,25,27)/b13-12-,19-6+. The predicted octanol–water partition coefficient (Wildman–Crippen LogP) is 4.90. The molecular weight excluding hydrogens is 396 g/mol. The van der Waals surface area contributed by atoms with E-state index < -0.39 is 14.8 Å². The SMILES string of the molecule is C=C(/C=C\C(=C/C)C(=O)NC1CC=C(C2CCCCC2)CC1)NS(=O)(=O)C(C)(C)C. The van der Waals surface area contributed by atoms with E-state index in [1.807, 2.05) is 0 Å². The Kier molecular flexibility index (Phi) is 8.53. The molecule has 0 aromatic carbocycles. The Bertz CT molecular complexity index is 823. The highest BCUT2D eigenvalue weighted by Crippen LogP contribution is 2.34. The molecule has 0 radical (unpaired) electrons. The van der Waals surface area contributed by atoms with E-state index in [1.165, 1.54) is 38.2 Å². The molecule has 0 saturated heterocycles. The van der Waals surface area contributed by atoms with Crippen LogP contribution in [-0.4, -0.2) is 25.1 Å². The number of sulfonamides is 1. The summed E-state index contributed by atoms with van der Waals surface area (Å²) in [4.78, 5) is 12.7. The summed E-state index contributed by atoms with van der Waals surface area (Å²) in [5.74, 6) is 0.618. The summed E-state index contributed by atoms with van der Waals surface area (Å²) in [6.07, 6.45) is 16.8. The second-order valence-electron chi connectivity index (χ2n) is 9.38. The summed E-state index contributed by atoms with van der Waals surface area (Å²) < 4.78 is 25.9. The van der Waals surface area contributed by atoms with Gasteiger partial charge in [0.05, 0.1) is 4.75 Å². The molecule has 0 aliphatic heterocycles. The third-order valence-electron chi connectivity index (χ3n) is 6.02. The van der Waals surface area contributed by atoms with Gasteiger partial charge in [-0.3, -0.25) is 9.52 Å². The van der Waals surface area contributed by atoms with Crippen LogP contribution in [-0.2, 0) is 14.8 Å². The van der Waals surface area contributed by atoms with Crippen LogP contribution in [0.25, 0.3) is 0 Å². The smallest absolute Gasteiger partial charge is 0.251 e. The largest absolute Gasteiger partial charge is 0.349 e. The maximum Gasteiger partial charge on any atom is 0.251 e. The molecule has 0 heterocycles. The van der Waals surface area contributed by atoms with Crippen LogP contribution in [0.2, 0.25) is 0 Å². The van der Waals surface area contributed by atoms with Gasteiger partial charge in [-0.15, -0.1) is 0 Å². The van der Waals surface area contributed by atoms with Crippen LogP contribution in [0.5, 0.6) is 0 Å². The quantitative estimate of drug-likeness (QED) is 0.340. The van der Waals surface area contributed by atoms with E-state index >= 15 is 0 Å². The lowest BCUT2D eigenvalue weighted by Gasteiger charge is -2.30. The van der Waals surface area contributed by atoms with Crippen molar-refractivity contribution in [2.24, 2.45) is 5.92 Å². The van der Waals surface area contributed by atoms with E-state index in [0.717, 1.165) is 25.2 Å². The molecule has 2 aliphatic carbocycles. The number of carbonyl (C=O) groups is 1. The summed E-state index contributed by atoms with van der Waals surface area (Å²) in [5, 5.41) is 3.12. The van der Waals surface area contributed by atoms with E-state index in [-0.39, 0.29) is 17.6 Å². The monoisotopic (exact) mass is 434 g/mol. The number of amides is 1. The minimum atomic E-state index is -3.54. The van der Waals surface area contributed by atoms with Crippen molar-refractivity contribution < 1.29 is 13.2 Å². The zero-order chi connectivity index (χ0) is 22.4. The van der Waals surface area contributed by atoms with Gasteiger partial charge in [0.1, 0.15) is 0 Å². The third kappa shape index (κ3) is 6.86. The lowest BCUT2D eigenvalue weighted by Crippen LogP contribution is -2.38. The molecule has 0 bridgehead atoms. The molecule has 2 N–H and O–H groups in total.